The van der Waals surface area contributed by atoms with Gasteiger partial charge in [-0.25, -0.2) is 4.98 Å². The molecule has 0 unspecified atom stereocenters. The molecule has 0 fully saturated rings. The number of fused-ring (bicyclic) bond motifs is 1. The molecular weight excluding hydrogens is 396 g/mol. The predicted octanol–water partition coefficient (Wildman–Crippen LogP) is 3.31. The van der Waals surface area contributed by atoms with E-state index in [1.807, 2.05) is 12.1 Å². The highest BCUT2D eigenvalue weighted by Crippen LogP contribution is 2.25. The Hall–Kier alpha value is -2.55. The molecule has 144 valence electrons. The first-order valence-electron chi connectivity index (χ1n) is 8.95. The standard InChI is InChI=1S/C19H19ClN6OS/c20-16-3-1-2-14-11-26(8-6-15(14)16)9-7-21-17-5-4-13(10-22-17)18(27)24-19-25-23-12-28-19/h1-5,10,12H,6-9,11H2,(H,21,22)(H,24,25,27). The van der Waals surface area contributed by atoms with Crippen LogP contribution in [0, 0.1) is 0 Å². The molecule has 1 amide bonds. The molecule has 28 heavy (non-hydrogen) atoms. The maximum atomic E-state index is 12.1. The third-order valence-corrected chi connectivity index (χ3v) is 5.59. The molecular formula is C19H19ClN6OS. The number of hydrogen-bond acceptors (Lipinski definition) is 7. The van der Waals surface area contributed by atoms with Gasteiger partial charge in [-0.05, 0) is 35.7 Å². The van der Waals surface area contributed by atoms with Crippen molar-refractivity contribution < 1.29 is 4.79 Å². The number of aromatic nitrogens is 3. The van der Waals surface area contributed by atoms with Gasteiger partial charge in [0.2, 0.25) is 5.13 Å². The first kappa shape index (κ1) is 18.8. The summed E-state index contributed by atoms with van der Waals surface area (Å²) in [7, 11) is 0. The molecule has 0 radical (unpaired) electrons. The van der Waals surface area contributed by atoms with Crippen molar-refractivity contribution in [1.82, 2.24) is 20.1 Å². The Morgan fingerprint density at radius 3 is 3.00 bits per heavy atom. The fourth-order valence-corrected chi connectivity index (χ4v) is 3.91. The summed E-state index contributed by atoms with van der Waals surface area (Å²) in [5.74, 6) is 0.495. The molecule has 0 aliphatic carbocycles. The zero-order valence-corrected chi connectivity index (χ0v) is 16.6. The Morgan fingerprint density at radius 1 is 1.29 bits per heavy atom. The van der Waals surface area contributed by atoms with Crippen LogP contribution >= 0.6 is 22.9 Å². The number of anilines is 2. The van der Waals surface area contributed by atoms with Gasteiger partial charge in [-0.2, -0.15) is 0 Å². The second kappa shape index (κ2) is 8.64. The molecule has 0 saturated heterocycles. The summed E-state index contributed by atoms with van der Waals surface area (Å²) in [4.78, 5) is 18.8. The fraction of sp³-hybridized carbons (Fsp3) is 0.263. The van der Waals surface area contributed by atoms with Crippen molar-refractivity contribution in [1.29, 1.82) is 0 Å². The van der Waals surface area contributed by atoms with E-state index in [9.17, 15) is 4.79 Å². The number of amides is 1. The summed E-state index contributed by atoms with van der Waals surface area (Å²) in [5.41, 5.74) is 4.63. The summed E-state index contributed by atoms with van der Waals surface area (Å²) in [5, 5.41) is 14.8. The number of hydrogen-bond donors (Lipinski definition) is 2. The van der Waals surface area contributed by atoms with Crippen LogP contribution in [-0.4, -0.2) is 45.6 Å². The summed E-state index contributed by atoms with van der Waals surface area (Å²) >= 11 is 7.55. The van der Waals surface area contributed by atoms with Crippen LogP contribution < -0.4 is 10.6 Å². The van der Waals surface area contributed by atoms with Crippen LogP contribution in [0.1, 0.15) is 21.5 Å². The van der Waals surface area contributed by atoms with Gasteiger partial charge in [-0.1, -0.05) is 35.1 Å². The SMILES string of the molecule is O=C(Nc1nncs1)c1ccc(NCCN2CCc3c(Cl)cccc3C2)nc1. The molecule has 0 saturated carbocycles. The second-order valence-electron chi connectivity index (χ2n) is 6.46. The van der Waals surface area contributed by atoms with Gasteiger partial charge in [0.15, 0.2) is 0 Å². The minimum Gasteiger partial charge on any atom is -0.369 e. The van der Waals surface area contributed by atoms with Crippen molar-refractivity contribution in [3.8, 4) is 0 Å². The zero-order valence-electron chi connectivity index (χ0n) is 15.1. The van der Waals surface area contributed by atoms with Crippen LogP contribution in [-0.2, 0) is 13.0 Å². The van der Waals surface area contributed by atoms with Crippen molar-refractivity contribution in [3.63, 3.8) is 0 Å². The lowest BCUT2D eigenvalue weighted by atomic mass is 10.00. The van der Waals surface area contributed by atoms with E-state index < -0.39 is 0 Å². The van der Waals surface area contributed by atoms with Gasteiger partial charge < -0.3 is 5.32 Å². The Labute approximate surface area is 171 Å². The first-order chi connectivity index (χ1) is 13.7. The Kier molecular flexibility index (Phi) is 5.80. The van der Waals surface area contributed by atoms with E-state index in [0.29, 0.717) is 10.7 Å². The third-order valence-electron chi connectivity index (χ3n) is 4.63. The summed E-state index contributed by atoms with van der Waals surface area (Å²) in [6, 6.07) is 9.66. The fourth-order valence-electron chi connectivity index (χ4n) is 3.18. The summed E-state index contributed by atoms with van der Waals surface area (Å²) in [6.45, 7) is 3.60. The Bertz CT molecular complexity index is 948. The van der Waals surface area contributed by atoms with E-state index in [1.54, 1.807) is 23.8 Å². The number of carbonyl (C=O) groups is 1. The van der Waals surface area contributed by atoms with Gasteiger partial charge in [0.1, 0.15) is 11.3 Å². The number of nitrogens with zero attached hydrogens (tertiary/aromatic N) is 4. The van der Waals surface area contributed by atoms with E-state index in [4.69, 9.17) is 11.6 Å². The highest BCUT2D eigenvalue weighted by atomic mass is 35.5. The Balaban J connectivity index is 1.26. The van der Waals surface area contributed by atoms with Gasteiger partial charge in [-0.15, -0.1) is 10.2 Å². The lowest BCUT2D eigenvalue weighted by molar-refractivity contribution is 0.102. The zero-order chi connectivity index (χ0) is 19.3. The average Bonchev–Trinajstić information content (AvgIpc) is 3.22. The number of nitrogens with one attached hydrogen (secondary N) is 2. The molecule has 3 heterocycles. The van der Waals surface area contributed by atoms with Crippen LogP contribution in [0.3, 0.4) is 0 Å². The van der Waals surface area contributed by atoms with Crippen LogP contribution in [0.25, 0.3) is 0 Å². The second-order valence-corrected chi connectivity index (χ2v) is 7.70. The van der Waals surface area contributed by atoms with Gasteiger partial charge >= 0.3 is 0 Å². The molecule has 1 aliphatic rings. The molecule has 2 aromatic heterocycles. The molecule has 1 aliphatic heterocycles. The maximum Gasteiger partial charge on any atom is 0.259 e. The van der Waals surface area contributed by atoms with Crippen molar-refractivity contribution in [2.24, 2.45) is 0 Å². The van der Waals surface area contributed by atoms with E-state index >= 15 is 0 Å². The molecule has 4 rings (SSSR count). The predicted molar refractivity (Wildman–Crippen MR) is 111 cm³/mol. The van der Waals surface area contributed by atoms with Gasteiger partial charge in [0.25, 0.3) is 5.91 Å². The minimum absolute atomic E-state index is 0.249. The Morgan fingerprint density at radius 2 is 2.21 bits per heavy atom. The van der Waals surface area contributed by atoms with Crippen molar-refractivity contribution in [3.05, 3.63) is 63.8 Å². The smallest absolute Gasteiger partial charge is 0.259 e. The molecule has 9 heteroatoms. The van der Waals surface area contributed by atoms with E-state index in [0.717, 1.165) is 43.4 Å². The van der Waals surface area contributed by atoms with Crippen LogP contribution in [0.5, 0.6) is 0 Å². The van der Waals surface area contributed by atoms with Crippen LogP contribution in [0.2, 0.25) is 5.02 Å². The molecule has 0 bridgehead atoms. The number of rotatable bonds is 6. The normalized spacial score (nSPS) is 13.8. The van der Waals surface area contributed by atoms with Crippen molar-refractivity contribution >= 4 is 39.8 Å². The van der Waals surface area contributed by atoms with Crippen LogP contribution in [0.15, 0.2) is 42.0 Å². The van der Waals surface area contributed by atoms with E-state index in [1.165, 1.54) is 22.5 Å². The van der Waals surface area contributed by atoms with Gasteiger partial charge in [0.05, 0.1) is 5.56 Å². The topological polar surface area (TPSA) is 83.0 Å². The van der Waals surface area contributed by atoms with E-state index in [-0.39, 0.29) is 5.91 Å². The van der Waals surface area contributed by atoms with E-state index in [2.05, 4.69) is 36.8 Å². The lowest BCUT2D eigenvalue weighted by Crippen LogP contribution is -2.34. The number of halogens is 1. The quantitative estimate of drug-likeness (QED) is 0.643. The van der Waals surface area contributed by atoms with Gasteiger partial charge in [-0.3, -0.25) is 15.0 Å². The van der Waals surface area contributed by atoms with Crippen molar-refractivity contribution in [2.75, 3.05) is 30.3 Å². The molecule has 7 nitrogen and oxygen atoms in total. The third kappa shape index (κ3) is 4.46. The summed E-state index contributed by atoms with van der Waals surface area (Å²) < 4.78 is 0. The molecule has 1 aromatic carbocycles. The highest BCUT2D eigenvalue weighted by molar-refractivity contribution is 7.13. The van der Waals surface area contributed by atoms with Crippen LogP contribution in [0.4, 0.5) is 10.9 Å². The minimum atomic E-state index is -0.249. The number of pyridine rings is 1. The van der Waals surface area contributed by atoms with Gasteiger partial charge in [0, 0.05) is 37.4 Å². The molecule has 0 spiro atoms. The number of benzene rings is 1. The molecule has 2 N–H and O–H groups in total. The average molecular weight is 415 g/mol. The highest BCUT2D eigenvalue weighted by Gasteiger charge is 2.17. The monoisotopic (exact) mass is 414 g/mol. The largest absolute Gasteiger partial charge is 0.369 e. The lowest BCUT2D eigenvalue weighted by Gasteiger charge is -2.29. The molecule has 3 aromatic rings. The first-order valence-corrected chi connectivity index (χ1v) is 10.2. The maximum absolute atomic E-state index is 12.1. The van der Waals surface area contributed by atoms with Crippen molar-refractivity contribution in [2.45, 2.75) is 13.0 Å². The molecule has 0 atom stereocenters. The number of carbonyl (C=O) groups excluding carboxylic acids is 1. The summed E-state index contributed by atoms with van der Waals surface area (Å²) in [6.07, 6.45) is 2.53.